The van der Waals surface area contributed by atoms with Crippen molar-refractivity contribution < 1.29 is 0 Å². The Balaban J connectivity index is 3.07. The van der Waals surface area contributed by atoms with Crippen LogP contribution in [0.1, 0.15) is 81.6 Å². The molecule has 1 aliphatic carbocycles. The standard InChI is InChI=1S/C20H36/c1-10-20(8,9)14-15-11-16(18(2,3)4)13-17(12-15)19(5,6)7/h11,13,15H,10,12,14H2,1-9H3. The highest BCUT2D eigenvalue weighted by molar-refractivity contribution is 5.35. The van der Waals surface area contributed by atoms with Gasteiger partial charge in [0.05, 0.1) is 0 Å². The molecule has 0 aromatic heterocycles. The van der Waals surface area contributed by atoms with Crippen LogP contribution in [0.5, 0.6) is 0 Å². The molecule has 20 heavy (non-hydrogen) atoms. The lowest BCUT2D eigenvalue weighted by Crippen LogP contribution is -2.23. The average Bonchev–Trinajstić information content (AvgIpc) is 2.25. The van der Waals surface area contributed by atoms with E-state index in [0.717, 1.165) is 0 Å². The first kappa shape index (κ1) is 17.5. The van der Waals surface area contributed by atoms with Crippen molar-refractivity contribution in [2.75, 3.05) is 0 Å². The number of rotatable bonds is 3. The molecule has 0 bridgehead atoms. The maximum Gasteiger partial charge on any atom is -0.0135 e. The second-order valence-electron chi connectivity index (χ2n) is 9.48. The van der Waals surface area contributed by atoms with Crippen LogP contribution < -0.4 is 0 Å². The predicted molar refractivity (Wildman–Crippen MR) is 91.9 cm³/mol. The zero-order valence-corrected chi connectivity index (χ0v) is 15.4. The van der Waals surface area contributed by atoms with Gasteiger partial charge in [-0.15, -0.1) is 0 Å². The van der Waals surface area contributed by atoms with Crippen molar-refractivity contribution in [1.82, 2.24) is 0 Å². The van der Waals surface area contributed by atoms with Crippen molar-refractivity contribution >= 4 is 0 Å². The third-order valence-corrected chi connectivity index (χ3v) is 4.83. The summed E-state index contributed by atoms with van der Waals surface area (Å²) in [4.78, 5) is 0. The fourth-order valence-electron chi connectivity index (χ4n) is 2.86. The molecule has 0 spiro atoms. The number of hydrogen-bond acceptors (Lipinski definition) is 0. The van der Waals surface area contributed by atoms with Gasteiger partial charge in [0.25, 0.3) is 0 Å². The number of allylic oxidation sites excluding steroid dienone is 4. The molecule has 0 heteroatoms. The van der Waals surface area contributed by atoms with Crippen LogP contribution in [0.2, 0.25) is 0 Å². The van der Waals surface area contributed by atoms with Gasteiger partial charge in [0, 0.05) is 0 Å². The highest BCUT2D eigenvalue weighted by Gasteiger charge is 2.30. The molecule has 116 valence electrons. The number of hydrogen-bond donors (Lipinski definition) is 0. The molecule has 0 saturated heterocycles. The maximum absolute atomic E-state index is 2.56. The molecule has 0 heterocycles. The average molecular weight is 277 g/mol. The van der Waals surface area contributed by atoms with E-state index in [2.05, 4.69) is 74.5 Å². The molecular weight excluding hydrogens is 240 g/mol. The van der Waals surface area contributed by atoms with Gasteiger partial charge in [0.2, 0.25) is 0 Å². The Labute approximate surface area is 127 Å². The van der Waals surface area contributed by atoms with E-state index in [1.165, 1.54) is 24.8 Å². The predicted octanol–water partition coefficient (Wildman–Crippen LogP) is 6.78. The van der Waals surface area contributed by atoms with Crippen molar-refractivity contribution in [2.24, 2.45) is 22.2 Å². The van der Waals surface area contributed by atoms with Gasteiger partial charge in [-0.2, -0.15) is 0 Å². The summed E-state index contributed by atoms with van der Waals surface area (Å²) >= 11 is 0. The lowest BCUT2D eigenvalue weighted by Gasteiger charge is -2.36. The summed E-state index contributed by atoms with van der Waals surface area (Å²) in [5.74, 6) is 0.707. The fraction of sp³-hybridized carbons (Fsp3) is 0.800. The highest BCUT2D eigenvalue weighted by Crippen LogP contribution is 2.43. The molecule has 0 saturated carbocycles. The van der Waals surface area contributed by atoms with Crippen LogP contribution in [0.4, 0.5) is 0 Å². The smallest absolute Gasteiger partial charge is 0.0135 e. The second kappa shape index (κ2) is 5.70. The Bertz CT molecular complexity index is 391. The minimum absolute atomic E-state index is 0.255. The zero-order chi connectivity index (χ0) is 15.8. The first-order valence-electron chi connectivity index (χ1n) is 8.28. The summed E-state index contributed by atoms with van der Waals surface area (Å²) in [5, 5.41) is 0. The van der Waals surface area contributed by atoms with Gasteiger partial charge in [0.1, 0.15) is 0 Å². The summed E-state index contributed by atoms with van der Waals surface area (Å²) < 4.78 is 0. The van der Waals surface area contributed by atoms with Gasteiger partial charge < -0.3 is 0 Å². The molecule has 0 fully saturated rings. The quantitative estimate of drug-likeness (QED) is 0.533. The lowest BCUT2D eigenvalue weighted by molar-refractivity contribution is 0.270. The SMILES string of the molecule is CCC(C)(C)CC1C=C(C(C)(C)C)C=C(C(C)(C)C)C1. The van der Waals surface area contributed by atoms with E-state index in [0.29, 0.717) is 16.7 Å². The van der Waals surface area contributed by atoms with Crippen LogP contribution in [-0.2, 0) is 0 Å². The molecule has 0 aliphatic heterocycles. The Morgan fingerprint density at radius 3 is 1.90 bits per heavy atom. The van der Waals surface area contributed by atoms with E-state index in [1.807, 2.05) is 0 Å². The molecule has 0 amide bonds. The van der Waals surface area contributed by atoms with Crippen LogP contribution >= 0.6 is 0 Å². The summed E-state index contributed by atoms with van der Waals surface area (Å²) in [7, 11) is 0. The fourth-order valence-corrected chi connectivity index (χ4v) is 2.86. The van der Waals surface area contributed by atoms with E-state index in [9.17, 15) is 0 Å². The highest BCUT2D eigenvalue weighted by atomic mass is 14.3. The third-order valence-electron chi connectivity index (χ3n) is 4.83. The summed E-state index contributed by atoms with van der Waals surface area (Å²) in [6.45, 7) is 21.2. The molecule has 1 rings (SSSR count). The molecule has 1 atom stereocenters. The van der Waals surface area contributed by atoms with Gasteiger partial charge >= 0.3 is 0 Å². The Kier molecular flexibility index (Phi) is 4.99. The van der Waals surface area contributed by atoms with Crippen molar-refractivity contribution in [3.8, 4) is 0 Å². The first-order chi connectivity index (χ1) is 8.85. The molecule has 1 unspecified atom stereocenters. The Morgan fingerprint density at radius 1 is 0.950 bits per heavy atom. The van der Waals surface area contributed by atoms with Gasteiger partial charge in [0.15, 0.2) is 0 Å². The molecule has 0 aromatic carbocycles. The molecule has 0 radical (unpaired) electrons. The van der Waals surface area contributed by atoms with Crippen LogP contribution in [0.15, 0.2) is 23.3 Å². The minimum Gasteiger partial charge on any atom is -0.0773 e. The topological polar surface area (TPSA) is 0 Å². The van der Waals surface area contributed by atoms with Gasteiger partial charge in [-0.05, 0) is 40.6 Å². The molecule has 1 aliphatic rings. The summed E-state index contributed by atoms with van der Waals surface area (Å²) in [6.07, 6.45) is 8.85. The van der Waals surface area contributed by atoms with E-state index < -0.39 is 0 Å². The van der Waals surface area contributed by atoms with Crippen LogP contribution in [-0.4, -0.2) is 0 Å². The van der Waals surface area contributed by atoms with Crippen molar-refractivity contribution in [2.45, 2.75) is 81.6 Å². The van der Waals surface area contributed by atoms with Gasteiger partial charge in [-0.1, -0.05) is 86.5 Å². The van der Waals surface area contributed by atoms with Crippen LogP contribution in [0.3, 0.4) is 0 Å². The van der Waals surface area contributed by atoms with E-state index in [-0.39, 0.29) is 5.41 Å². The Hall–Kier alpha value is -0.520. The van der Waals surface area contributed by atoms with Crippen molar-refractivity contribution in [3.05, 3.63) is 23.3 Å². The largest absolute Gasteiger partial charge is 0.0773 e. The Morgan fingerprint density at radius 2 is 1.50 bits per heavy atom. The van der Waals surface area contributed by atoms with Gasteiger partial charge in [-0.3, -0.25) is 0 Å². The minimum atomic E-state index is 0.255. The maximum atomic E-state index is 2.56. The van der Waals surface area contributed by atoms with Crippen molar-refractivity contribution in [1.29, 1.82) is 0 Å². The molecular formula is C20H36. The molecule has 0 nitrogen and oxygen atoms in total. The lowest BCUT2D eigenvalue weighted by atomic mass is 9.69. The van der Waals surface area contributed by atoms with Gasteiger partial charge in [-0.25, -0.2) is 0 Å². The first-order valence-corrected chi connectivity index (χ1v) is 8.28. The van der Waals surface area contributed by atoms with E-state index >= 15 is 0 Å². The summed E-state index contributed by atoms with van der Waals surface area (Å²) in [6, 6.07) is 0. The zero-order valence-electron chi connectivity index (χ0n) is 15.4. The molecule has 0 aromatic rings. The van der Waals surface area contributed by atoms with E-state index in [4.69, 9.17) is 0 Å². The molecule has 0 N–H and O–H groups in total. The van der Waals surface area contributed by atoms with Crippen molar-refractivity contribution in [3.63, 3.8) is 0 Å². The normalized spacial score (nSPS) is 21.6. The summed E-state index contributed by atoms with van der Waals surface area (Å²) in [5.41, 5.74) is 4.16. The third kappa shape index (κ3) is 4.79. The van der Waals surface area contributed by atoms with Crippen LogP contribution in [0, 0.1) is 22.2 Å². The second-order valence-corrected chi connectivity index (χ2v) is 9.48. The monoisotopic (exact) mass is 276 g/mol. The van der Waals surface area contributed by atoms with Crippen LogP contribution in [0.25, 0.3) is 0 Å². The van der Waals surface area contributed by atoms with E-state index in [1.54, 1.807) is 5.57 Å².